The molecule has 1 amide bonds. The van der Waals surface area contributed by atoms with Gasteiger partial charge in [-0.25, -0.2) is 4.79 Å². The highest BCUT2D eigenvalue weighted by molar-refractivity contribution is 7.20. The lowest BCUT2D eigenvalue weighted by molar-refractivity contribution is -0.125. The third kappa shape index (κ3) is 3.91. The molecule has 1 N–H and O–H groups in total. The maximum Gasteiger partial charge on any atom is 0.348 e. The van der Waals surface area contributed by atoms with E-state index >= 15 is 0 Å². The highest BCUT2D eigenvalue weighted by atomic mass is 32.1. The molecular weight excluding hydrogens is 310 g/mol. The Hall–Kier alpha value is -1.88. The Morgan fingerprint density at radius 3 is 2.83 bits per heavy atom. The third-order valence-electron chi connectivity index (χ3n) is 4.42. The van der Waals surface area contributed by atoms with Crippen molar-refractivity contribution in [2.75, 3.05) is 6.61 Å². The van der Waals surface area contributed by atoms with E-state index in [1.165, 1.54) is 17.8 Å². The number of amides is 1. The molecule has 0 bridgehead atoms. The molecule has 1 aromatic heterocycles. The van der Waals surface area contributed by atoms with Gasteiger partial charge in [-0.05, 0) is 36.3 Å². The van der Waals surface area contributed by atoms with E-state index in [0.29, 0.717) is 10.8 Å². The number of nitrogens with one attached hydrogen (secondary N) is 1. The molecule has 2 atom stereocenters. The highest BCUT2D eigenvalue weighted by Crippen LogP contribution is 2.26. The SMILES string of the molecule is C[C@@H]1CCCC[C@@H]1NC(=O)COC(=O)c1cc2ccccc2s1. The minimum absolute atomic E-state index is 0.208. The predicted molar refractivity (Wildman–Crippen MR) is 91.7 cm³/mol. The first-order valence-corrected chi connectivity index (χ1v) is 8.90. The van der Waals surface area contributed by atoms with Crippen LogP contribution in [0, 0.1) is 5.92 Å². The fourth-order valence-corrected chi connectivity index (χ4v) is 4.02. The molecule has 1 aromatic carbocycles. The second-order valence-corrected chi connectivity index (χ2v) is 7.24. The number of carbonyl (C=O) groups excluding carboxylic acids is 2. The molecular formula is C18H21NO3S. The number of thiophene rings is 1. The molecule has 1 aliphatic carbocycles. The minimum atomic E-state index is -0.432. The Bertz CT molecular complexity index is 676. The van der Waals surface area contributed by atoms with Crippen molar-refractivity contribution in [2.45, 2.75) is 38.6 Å². The van der Waals surface area contributed by atoms with Crippen LogP contribution < -0.4 is 5.32 Å². The van der Waals surface area contributed by atoms with Crippen LogP contribution >= 0.6 is 11.3 Å². The fourth-order valence-electron chi connectivity index (χ4n) is 3.06. The quantitative estimate of drug-likeness (QED) is 0.868. The van der Waals surface area contributed by atoms with Crippen LogP contribution in [0.25, 0.3) is 10.1 Å². The molecule has 1 heterocycles. The Morgan fingerprint density at radius 1 is 1.26 bits per heavy atom. The number of hydrogen-bond donors (Lipinski definition) is 1. The molecule has 1 saturated carbocycles. The van der Waals surface area contributed by atoms with Crippen LogP contribution in [0.5, 0.6) is 0 Å². The van der Waals surface area contributed by atoms with Crippen LogP contribution in [0.2, 0.25) is 0 Å². The van der Waals surface area contributed by atoms with E-state index in [1.807, 2.05) is 30.3 Å². The van der Waals surface area contributed by atoms with E-state index in [-0.39, 0.29) is 18.6 Å². The van der Waals surface area contributed by atoms with Crippen molar-refractivity contribution in [3.05, 3.63) is 35.2 Å². The van der Waals surface area contributed by atoms with Gasteiger partial charge < -0.3 is 10.1 Å². The van der Waals surface area contributed by atoms with Crippen molar-refractivity contribution in [1.29, 1.82) is 0 Å². The number of fused-ring (bicyclic) bond motifs is 1. The highest BCUT2D eigenvalue weighted by Gasteiger charge is 2.23. The molecule has 0 spiro atoms. The normalized spacial score (nSPS) is 21.1. The molecule has 122 valence electrons. The molecule has 23 heavy (non-hydrogen) atoms. The van der Waals surface area contributed by atoms with Gasteiger partial charge in [0.1, 0.15) is 4.88 Å². The van der Waals surface area contributed by atoms with Crippen LogP contribution in [0.1, 0.15) is 42.3 Å². The van der Waals surface area contributed by atoms with Gasteiger partial charge in [-0.1, -0.05) is 38.0 Å². The van der Waals surface area contributed by atoms with Gasteiger partial charge in [0.2, 0.25) is 0 Å². The molecule has 5 heteroatoms. The second-order valence-electron chi connectivity index (χ2n) is 6.16. The number of hydrogen-bond acceptors (Lipinski definition) is 4. The van der Waals surface area contributed by atoms with Crippen molar-refractivity contribution in [2.24, 2.45) is 5.92 Å². The van der Waals surface area contributed by atoms with E-state index in [0.717, 1.165) is 29.3 Å². The molecule has 4 nitrogen and oxygen atoms in total. The summed E-state index contributed by atoms with van der Waals surface area (Å²) in [6.07, 6.45) is 4.54. The van der Waals surface area contributed by atoms with Crippen molar-refractivity contribution in [3.63, 3.8) is 0 Å². The maximum absolute atomic E-state index is 12.1. The number of rotatable bonds is 4. The average molecular weight is 331 g/mol. The van der Waals surface area contributed by atoms with Crippen LogP contribution in [0.3, 0.4) is 0 Å². The first-order valence-electron chi connectivity index (χ1n) is 8.08. The summed E-state index contributed by atoms with van der Waals surface area (Å²) in [6.45, 7) is 1.95. The van der Waals surface area contributed by atoms with E-state index < -0.39 is 5.97 Å². The predicted octanol–water partition coefficient (Wildman–Crippen LogP) is 3.75. The lowest BCUT2D eigenvalue weighted by Crippen LogP contribution is -2.42. The maximum atomic E-state index is 12.1. The summed E-state index contributed by atoms with van der Waals surface area (Å²) in [4.78, 5) is 24.6. The smallest absolute Gasteiger partial charge is 0.348 e. The van der Waals surface area contributed by atoms with Gasteiger partial charge in [-0.15, -0.1) is 11.3 Å². The molecule has 3 rings (SSSR count). The van der Waals surface area contributed by atoms with E-state index in [9.17, 15) is 9.59 Å². The Balaban J connectivity index is 1.52. The Morgan fingerprint density at radius 2 is 2.04 bits per heavy atom. The van der Waals surface area contributed by atoms with E-state index in [4.69, 9.17) is 4.74 Å². The van der Waals surface area contributed by atoms with Gasteiger partial charge in [-0.2, -0.15) is 0 Å². The summed E-state index contributed by atoms with van der Waals surface area (Å²) < 4.78 is 6.20. The largest absolute Gasteiger partial charge is 0.451 e. The van der Waals surface area contributed by atoms with Crippen molar-refractivity contribution < 1.29 is 14.3 Å². The van der Waals surface area contributed by atoms with Gasteiger partial charge in [-0.3, -0.25) is 4.79 Å². The number of benzene rings is 1. The molecule has 0 unspecified atom stereocenters. The number of esters is 1. The second kappa shape index (κ2) is 7.13. The Kier molecular flexibility index (Phi) is 4.96. The molecule has 0 saturated heterocycles. The molecule has 2 aromatic rings. The summed E-state index contributed by atoms with van der Waals surface area (Å²) in [5, 5.41) is 4.01. The van der Waals surface area contributed by atoms with Gasteiger partial charge in [0.15, 0.2) is 6.61 Å². The number of ether oxygens (including phenoxy) is 1. The molecule has 1 aliphatic rings. The van der Waals surface area contributed by atoms with Crippen LogP contribution in [0.4, 0.5) is 0 Å². The first kappa shape index (κ1) is 16.0. The molecule has 1 fully saturated rings. The van der Waals surface area contributed by atoms with Gasteiger partial charge >= 0.3 is 5.97 Å². The zero-order valence-electron chi connectivity index (χ0n) is 13.2. The van der Waals surface area contributed by atoms with Gasteiger partial charge in [0.25, 0.3) is 5.91 Å². The van der Waals surface area contributed by atoms with E-state index in [2.05, 4.69) is 12.2 Å². The lowest BCUT2D eigenvalue weighted by Gasteiger charge is -2.29. The third-order valence-corrected chi connectivity index (χ3v) is 5.52. The lowest BCUT2D eigenvalue weighted by atomic mass is 9.86. The summed E-state index contributed by atoms with van der Waals surface area (Å²) in [5.74, 6) is -0.151. The summed E-state index contributed by atoms with van der Waals surface area (Å²) >= 11 is 1.39. The summed E-state index contributed by atoms with van der Waals surface area (Å²) in [5.41, 5.74) is 0. The fraction of sp³-hybridized carbons (Fsp3) is 0.444. The summed E-state index contributed by atoms with van der Waals surface area (Å²) in [7, 11) is 0. The van der Waals surface area contributed by atoms with Crippen molar-refractivity contribution in [1.82, 2.24) is 5.32 Å². The summed E-state index contributed by atoms with van der Waals surface area (Å²) in [6, 6.07) is 9.81. The van der Waals surface area contributed by atoms with Gasteiger partial charge in [0, 0.05) is 10.7 Å². The zero-order chi connectivity index (χ0) is 16.2. The van der Waals surface area contributed by atoms with Crippen LogP contribution in [-0.4, -0.2) is 24.5 Å². The molecule has 0 radical (unpaired) electrons. The van der Waals surface area contributed by atoms with Crippen LogP contribution in [0.15, 0.2) is 30.3 Å². The standard InChI is InChI=1S/C18H21NO3S/c1-12-6-2-4-8-14(12)19-17(20)11-22-18(21)16-10-13-7-3-5-9-15(13)23-16/h3,5,7,9-10,12,14H,2,4,6,8,11H2,1H3,(H,19,20)/t12-,14+/m1/s1. The number of carbonyl (C=O) groups is 2. The molecule has 0 aliphatic heterocycles. The van der Waals surface area contributed by atoms with Crippen molar-refractivity contribution >= 4 is 33.3 Å². The van der Waals surface area contributed by atoms with E-state index in [1.54, 1.807) is 0 Å². The average Bonchev–Trinajstić information content (AvgIpc) is 2.99. The Labute approximate surface area is 139 Å². The monoisotopic (exact) mass is 331 g/mol. The van der Waals surface area contributed by atoms with Gasteiger partial charge in [0.05, 0.1) is 0 Å². The first-order chi connectivity index (χ1) is 11.1. The topological polar surface area (TPSA) is 55.4 Å². The van der Waals surface area contributed by atoms with Crippen LogP contribution in [-0.2, 0) is 9.53 Å². The zero-order valence-corrected chi connectivity index (χ0v) is 14.0. The minimum Gasteiger partial charge on any atom is -0.451 e. The van der Waals surface area contributed by atoms with Crippen molar-refractivity contribution in [3.8, 4) is 0 Å².